The maximum atomic E-state index is 11.8. The van der Waals surface area contributed by atoms with Crippen LogP contribution in [0.5, 0.6) is 5.75 Å². The van der Waals surface area contributed by atoms with Gasteiger partial charge in [0.15, 0.2) is 0 Å². The fourth-order valence-corrected chi connectivity index (χ4v) is 1.31. The summed E-state index contributed by atoms with van der Waals surface area (Å²) >= 11 is -0.599. The highest BCUT2D eigenvalue weighted by Gasteiger charge is 2.30. The lowest BCUT2D eigenvalue weighted by atomic mass is 10.2. The topological polar surface area (TPSA) is 38.3 Å². The molecule has 16 heavy (non-hydrogen) atoms. The van der Waals surface area contributed by atoms with Crippen molar-refractivity contribution in [1.82, 2.24) is 4.72 Å². The molecule has 1 N–H and O–H groups in total. The van der Waals surface area contributed by atoms with Crippen LogP contribution in [0.25, 0.3) is 0 Å². The van der Waals surface area contributed by atoms with E-state index in [4.69, 9.17) is 4.74 Å². The van der Waals surface area contributed by atoms with Crippen molar-refractivity contribution in [2.24, 2.45) is 0 Å². The van der Waals surface area contributed by atoms with Crippen molar-refractivity contribution in [3.8, 4) is 5.75 Å². The van der Waals surface area contributed by atoms with Gasteiger partial charge in [0.25, 0.3) is 5.91 Å². The Kier molecular flexibility index (Phi) is 4.05. The molecule has 1 rings (SSSR count). The van der Waals surface area contributed by atoms with Gasteiger partial charge in [-0.05, 0) is 12.1 Å². The number of alkyl halides is 3. The molecule has 0 spiro atoms. The van der Waals surface area contributed by atoms with E-state index in [1.807, 2.05) is 0 Å². The molecule has 0 radical (unpaired) electrons. The summed E-state index contributed by atoms with van der Waals surface area (Å²) in [5, 5.41) is 0. The third kappa shape index (κ3) is 3.65. The van der Waals surface area contributed by atoms with Gasteiger partial charge in [0.1, 0.15) is 5.75 Å². The Hall–Kier alpha value is -1.37. The number of hydrogen-bond donors (Lipinski definition) is 1. The number of ether oxygens (including phenoxy) is 1. The van der Waals surface area contributed by atoms with E-state index in [-0.39, 0.29) is 11.3 Å². The van der Waals surface area contributed by atoms with Crippen LogP contribution in [-0.4, -0.2) is 18.5 Å². The number of para-hydroxylation sites is 1. The second-order valence-electron chi connectivity index (χ2n) is 2.68. The minimum absolute atomic E-state index is 0.0572. The molecule has 0 saturated carbocycles. The van der Waals surface area contributed by atoms with Gasteiger partial charge in [-0.1, -0.05) is 12.1 Å². The Labute approximate surface area is 94.1 Å². The van der Waals surface area contributed by atoms with E-state index in [1.54, 1.807) is 10.8 Å². The quantitative estimate of drug-likeness (QED) is 0.839. The van der Waals surface area contributed by atoms with Crippen LogP contribution in [0.3, 0.4) is 0 Å². The van der Waals surface area contributed by atoms with Crippen molar-refractivity contribution in [2.75, 3.05) is 7.11 Å². The summed E-state index contributed by atoms with van der Waals surface area (Å²) in [7, 11) is 1.34. The minimum atomic E-state index is -4.50. The van der Waals surface area contributed by atoms with Crippen LogP contribution >= 0.6 is 11.9 Å². The van der Waals surface area contributed by atoms with Gasteiger partial charge in [0.2, 0.25) is 0 Å². The highest BCUT2D eigenvalue weighted by molar-refractivity contribution is 7.98. The van der Waals surface area contributed by atoms with E-state index in [0.717, 1.165) is 0 Å². The zero-order valence-electron chi connectivity index (χ0n) is 8.17. The lowest BCUT2D eigenvalue weighted by Crippen LogP contribution is -2.21. The maximum Gasteiger partial charge on any atom is 0.461 e. The van der Waals surface area contributed by atoms with Crippen LogP contribution in [0.15, 0.2) is 24.3 Å². The maximum absolute atomic E-state index is 11.8. The van der Waals surface area contributed by atoms with Crippen molar-refractivity contribution in [3.05, 3.63) is 29.8 Å². The third-order valence-corrected chi connectivity index (χ3v) is 2.13. The first-order chi connectivity index (χ1) is 7.44. The Balaban J connectivity index is 2.73. The predicted octanol–water partition coefficient (Wildman–Crippen LogP) is 2.59. The van der Waals surface area contributed by atoms with Crippen molar-refractivity contribution >= 4 is 17.9 Å². The molecule has 7 heteroatoms. The van der Waals surface area contributed by atoms with Crippen LogP contribution in [0, 0.1) is 0 Å². The van der Waals surface area contributed by atoms with Gasteiger partial charge in [-0.3, -0.25) is 9.52 Å². The molecule has 1 amide bonds. The van der Waals surface area contributed by atoms with E-state index < -0.39 is 23.4 Å². The first-order valence-electron chi connectivity index (χ1n) is 4.12. The van der Waals surface area contributed by atoms with E-state index in [0.29, 0.717) is 0 Å². The van der Waals surface area contributed by atoms with Crippen molar-refractivity contribution < 1.29 is 22.7 Å². The van der Waals surface area contributed by atoms with E-state index in [2.05, 4.69) is 0 Å². The number of carbonyl (C=O) groups excluding carboxylic acids is 1. The van der Waals surface area contributed by atoms with Crippen molar-refractivity contribution in [3.63, 3.8) is 0 Å². The summed E-state index contributed by atoms with van der Waals surface area (Å²) in [6.45, 7) is 0. The lowest BCUT2D eigenvalue weighted by molar-refractivity contribution is -0.0335. The molecule has 0 saturated heterocycles. The molecule has 88 valence electrons. The van der Waals surface area contributed by atoms with Gasteiger partial charge in [-0.2, -0.15) is 13.2 Å². The smallest absolute Gasteiger partial charge is 0.461 e. The molecular weight excluding hydrogens is 243 g/mol. The number of carbonyl (C=O) groups is 1. The first-order valence-corrected chi connectivity index (χ1v) is 4.94. The molecule has 0 aliphatic rings. The number of rotatable bonds is 3. The van der Waals surface area contributed by atoms with Crippen LogP contribution < -0.4 is 9.46 Å². The number of halogens is 3. The van der Waals surface area contributed by atoms with Gasteiger partial charge in [0.05, 0.1) is 24.6 Å². The van der Waals surface area contributed by atoms with E-state index in [9.17, 15) is 18.0 Å². The lowest BCUT2D eigenvalue weighted by Gasteiger charge is -2.09. The largest absolute Gasteiger partial charge is 0.496 e. The number of amides is 1. The number of hydrogen-bond acceptors (Lipinski definition) is 3. The van der Waals surface area contributed by atoms with Gasteiger partial charge >= 0.3 is 5.51 Å². The van der Waals surface area contributed by atoms with Gasteiger partial charge in [-0.15, -0.1) is 0 Å². The van der Waals surface area contributed by atoms with Crippen molar-refractivity contribution in [1.29, 1.82) is 0 Å². The second kappa shape index (κ2) is 5.11. The highest BCUT2D eigenvalue weighted by atomic mass is 32.2. The standard InChI is InChI=1S/C9H8F3NO2S/c1-15-7-5-3-2-4-6(7)8(14)13-16-9(10,11)12/h2-5H,1H3,(H,13,14). The summed E-state index contributed by atoms with van der Waals surface area (Å²) < 4.78 is 42.0. The van der Waals surface area contributed by atoms with Crippen molar-refractivity contribution in [2.45, 2.75) is 5.51 Å². The molecule has 1 aromatic carbocycles. The minimum Gasteiger partial charge on any atom is -0.496 e. The second-order valence-corrected chi connectivity index (χ2v) is 3.55. The Morgan fingerprint density at radius 1 is 1.38 bits per heavy atom. The monoisotopic (exact) mass is 251 g/mol. The molecule has 0 unspecified atom stereocenters. The summed E-state index contributed by atoms with van der Waals surface area (Å²) in [6.07, 6.45) is 0. The molecule has 0 aliphatic heterocycles. The highest BCUT2D eigenvalue weighted by Crippen LogP contribution is 2.28. The molecule has 1 aromatic rings. The predicted molar refractivity (Wildman–Crippen MR) is 54.1 cm³/mol. The Bertz CT molecular complexity index is 381. The first kappa shape index (κ1) is 12.7. The average Bonchev–Trinajstić information content (AvgIpc) is 2.25. The molecule has 0 aliphatic carbocycles. The van der Waals surface area contributed by atoms with Gasteiger partial charge < -0.3 is 4.74 Å². The van der Waals surface area contributed by atoms with Gasteiger partial charge in [-0.25, -0.2) is 0 Å². The summed E-state index contributed by atoms with van der Waals surface area (Å²) in [5.41, 5.74) is -4.45. The van der Waals surface area contributed by atoms with Crippen LogP contribution in [-0.2, 0) is 0 Å². The molecule has 0 atom stereocenters. The molecule has 0 aromatic heterocycles. The zero-order valence-corrected chi connectivity index (χ0v) is 8.98. The van der Waals surface area contributed by atoms with E-state index in [1.165, 1.54) is 25.3 Å². The molecule has 0 fully saturated rings. The number of benzene rings is 1. The van der Waals surface area contributed by atoms with Crippen LogP contribution in [0.2, 0.25) is 0 Å². The van der Waals surface area contributed by atoms with Crippen LogP contribution in [0.1, 0.15) is 10.4 Å². The molecule has 0 bridgehead atoms. The normalized spacial score (nSPS) is 11.0. The fraction of sp³-hybridized carbons (Fsp3) is 0.222. The SMILES string of the molecule is COc1ccccc1C(=O)NSC(F)(F)F. The molecule has 0 heterocycles. The third-order valence-electron chi connectivity index (χ3n) is 1.61. The Morgan fingerprint density at radius 2 is 2.00 bits per heavy atom. The average molecular weight is 251 g/mol. The summed E-state index contributed by atoms with van der Waals surface area (Å²) in [6, 6.07) is 6.03. The zero-order chi connectivity index (χ0) is 12.2. The Morgan fingerprint density at radius 3 is 2.56 bits per heavy atom. The fourth-order valence-electron chi connectivity index (χ4n) is 0.991. The summed E-state index contributed by atoms with van der Waals surface area (Å²) in [4.78, 5) is 11.4. The molecular formula is C9H8F3NO2S. The summed E-state index contributed by atoms with van der Waals surface area (Å²) in [5.74, 6) is -0.623. The van der Waals surface area contributed by atoms with Gasteiger partial charge in [0, 0.05) is 0 Å². The number of methoxy groups -OCH3 is 1. The number of nitrogens with one attached hydrogen (secondary N) is 1. The van der Waals surface area contributed by atoms with Crippen LogP contribution in [0.4, 0.5) is 13.2 Å². The molecule has 3 nitrogen and oxygen atoms in total. The van der Waals surface area contributed by atoms with E-state index >= 15 is 0 Å².